The van der Waals surface area contributed by atoms with Crippen LogP contribution in [0.4, 0.5) is 0 Å². The maximum absolute atomic E-state index is 5.18. The summed E-state index contributed by atoms with van der Waals surface area (Å²) in [5, 5.41) is 0. The summed E-state index contributed by atoms with van der Waals surface area (Å²) in [5.41, 5.74) is 3.77. The average Bonchev–Trinajstić information content (AvgIpc) is 2.72. The third-order valence-corrected chi connectivity index (χ3v) is 3.86. The summed E-state index contributed by atoms with van der Waals surface area (Å²) in [6.45, 7) is 0. The first-order valence-electron chi connectivity index (χ1n) is 8.24. The van der Waals surface area contributed by atoms with Gasteiger partial charge in [-0.25, -0.2) is 0 Å². The zero-order valence-electron chi connectivity index (χ0n) is 14.8. The van der Waals surface area contributed by atoms with Crippen molar-refractivity contribution in [3.05, 3.63) is 83.4 Å². The Labute approximate surface area is 153 Å². The lowest BCUT2D eigenvalue weighted by molar-refractivity contribution is 0.414. The molecule has 0 bridgehead atoms. The molecule has 3 aromatic rings. The van der Waals surface area contributed by atoms with Crippen molar-refractivity contribution < 1.29 is 9.47 Å². The van der Waals surface area contributed by atoms with Crippen molar-refractivity contribution in [3.8, 4) is 11.5 Å². The molecule has 0 spiro atoms. The van der Waals surface area contributed by atoms with Crippen LogP contribution in [0.25, 0.3) is 24.3 Å². The van der Waals surface area contributed by atoms with Gasteiger partial charge in [-0.3, -0.25) is 9.97 Å². The highest BCUT2D eigenvalue weighted by Crippen LogP contribution is 2.16. The van der Waals surface area contributed by atoms with Gasteiger partial charge >= 0.3 is 0 Å². The molecule has 0 saturated carbocycles. The summed E-state index contributed by atoms with van der Waals surface area (Å²) < 4.78 is 10.4. The molecule has 0 N–H and O–H groups in total. The number of hydrogen-bond donors (Lipinski definition) is 0. The molecule has 0 atom stereocenters. The normalized spacial score (nSPS) is 11.2. The lowest BCUT2D eigenvalue weighted by Gasteiger charge is -2.01. The minimum atomic E-state index is 0.813. The minimum absolute atomic E-state index is 0.813. The van der Waals surface area contributed by atoms with Gasteiger partial charge in [-0.15, -0.1) is 0 Å². The molecule has 4 heteroatoms. The van der Waals surface area contributed by atoms with Gasteiger partial charge in [-0.05, 0) is 47.5 Å². The summed E-state index contributed by atoms with van der Waals surface area (Å²) in [6, 6.07) is 15.7. The van der Waals surface area contributed by atoms with Gasteiger partial charge in [0, 0.05) is 12.4 Å². The molecule has 0 radical (unpaired) electrons. The van der Waals surface area contributed by atoms with Gasteiger partial charge in [-0.1, -0.05) is 36.4 Å². The first kappa shape index (κ1) is 17.4. The van der Waals surface area contributed by atoms with Crippen LogP contribution >= 0.6 is 0 Å². The maximum atomic E-state index is 5.18. The Morgan fingerprint density at radius 3 is 1.31 bits per heavy atom. The molecule has 2 aromatic carbocycles. The van der Waals surface area contributed by atoms with Crippen molar-refractivity contribution in [3.63, 3.8) is 0 Å². The van der Waals surface area contributed by atoms with Crippen molar-refractivity contribution in [2.45, 2.75) is 0 Å². The summed E-state index contributed by atoms with van der Waals surface area (Å²) in [4.78, 5) is 8.84. The van der Waals surface area contributed by atoms with E-state index in [0.717, 1.165) is 34.0 Å². The molecule has 26 heavy (non-hydrogen) atoms. The van der Waals surface area contributed by atoms with E-state index >= 15 is 0 Å². The van der Waals surface area contributed by atoms with E-state index in [1.54, 1.807) is 26.6 Å². The van der Waals surface area contributed by atoms with E-state index in [-0.39, 0.29) is 0 Å². The summed E-state index contributed by atoms with van der Waals surface area (Å²) >= 11 is 0. The molecule has 4 nitrogen and oxygen atoms in total. The van der Waals surface area contributed by atoms with Crippen molar-refractivity contribution >= 4 is 24.3 Å². The van der Waals surface area contributed by atoms with Gasteiger partial charge in [0.2, 0.25) is 0 Å². The Morgan fingerprint density at radius 1 is 0.577 bits per heavy atom. The van der Waals surface area contributed by atoms with Crippen LogP contribution in [-0.4, -0.2) is 24.2 Å². The second-order valence-corrected chi connectivity index (χ2v) is 5.54. The van der Waals surface area contributed by atoms with Gasteiger partial charge in [0.1, 0.15) is 11.5 Å². The Balaban J connectivity index is 1.78. The molecule has 1 heterocycles. The predicted molar refractivity (Wildman–Crippen MR) is 106 cm³/mol. The zero-order chi connectivity index (χ0) is 18.2. The lowest BCUT2D eigenvalue weighted by atomic mass is 10.1. The van der Waals surface area contributed by atoms with Crippen LogP contribution < -0.4 is 9.47 Å². The smallest absolute Gasteiger partial charge is 0.118 e. The molecule has 0 amide bonds. The Bertz CT molecular complexity index is 822. The van der Waals surface area contributed by atoms with Gasteiger partial charge in [0.25, 0.3) is 0 Å². The maximum Gasteiger partial charge on any atom is 0.118 e. The molecular formula is C22H20N2O2. The molecule has 0 aliphatic heterocycles. The lowest BCUT2D eigenvalue weighted by Crippen LogP contribution is -1.89. The Hall–Kier alpha value is -3.40. The standard InChI is InChI=1S/C22H20N2O2/c1-25-19-9-3-17(4-10-19)7-13-21-22(24-16-15-23-21)14-8-18-5-11-20(26-2)12-6-18/h3-16H,1-2H3/b13-7+,14-8+. The average molecular weight is 344 g/mol. The fraction of sp³-hybridized carbons (Fsp3) is 0.0909. The predicted octanol–water partition coefficient (Wildman–Crippen LogP) is 4.83. The number of hydrogen-bond acceptors (Lipinski definition) is 4. The second-order valence-electron chi connectivity index (χ2n) is 5.54. The van der Waals surface area contributed by atoms with Crippen molar-refractivity contribution in [2.75, 3.05) is 14.2 Å². The number of rotatable bonds is 6. The fourth-order valence-corrected chi connectivity index (χ4v) is 2.40. The molecule has 0 saturated heterocycles. The van der Waals surface area contributed by atoms with E-state index in [1.165, 1.54) is 0 Å². The van der Waals surface area contributed by atoms with Crippen LogP contribution in [0.2, 0.25) is 0 Å². The Morgan fingerprint density at radius 2 is 0.962 bits per heavy atom. The fourth-order valence-electron chi connectivity index (χ4n) is 2.40. The topological polar surface area (TPSA) is 44.2 Å². The van der Waals surface area contributed by atoms with Crippen molar-refractivity contribution in [1.29, 1.82) is 0 Å². The molecule has 0 fully saturated rings. The molecule has 0 aliphatic rings. The van der Waals surface area contributed by atoms with Crippen LogP contribution in [0.15, 0.2) is 60.9 Å². The van der Waals surface area contributed by atoms with Crippen LogP contribution in [0, 0.1) is 0 Å². The van der Waals surface area contributed by atoms with Gasteiger partial charge in [-0.2, -0.15) is 0 Å². The van der Waals surface area contributed by atoms with Gasteiger partial charge in [0.05, 0.1) is 25.6 Å². The molecule has 0 unspecified atom stereocenters. The van der Waals surface area contributed by atoms with E-state index in [1.807, 2.05) is 72.8 Å². The highest BCUT2D eigenvalue weighted by Gasteiger charge is 1.99. The quantitative estimate of drug-likeness (QED) is 0.642. The van der Waals surface area contributed by atoms with Crippen LogP contribution in [0.1, 0.15) is 22.5 Å². The molecule has 0 aliphatic carbocycles. The van der Waals surface area contributed by atoms with E-state index < -0.39 is 0 Å². The van der Waals surface area contributed by atoms with Crippen molar-refractivity contribution in [2.24, 2.45) is 0 Å². The summed E-state index contributed by atoms with van der Waals surface area (Å²) in [6.07, 6.45) is 11.3. The van der Waals surface area contributed by atoms with Gasteiger partial charge in [0.15, 0.2) is 0 Å². The highest BCUT2D eigenvalue weighted by molar-refractivity contribution is 5.76. The van der Waals surface area contributed by atoms with Crippen LogP contribution in [0.3, 0.4) is 0 Å². The zero-order valence-corrected chi connectivity index (χ0v) is 14.8. The number of aromatic nitrogens is 2. The van der Waals surface area contributed by atoms with E-state index in [4.69, 9.17) is 9.47 Å². The third-order valence-electron chi connectivity index (χ3n) is 3.86. The molecular weight excluding hydrogens is 324 g/mol. The molecule has 3 rings (SSSR count). The highest BCUT2D eigenvalue weighted by atomic mass is 16.5. The van der Waals surface area contributed by atoms with Crippen LogP contribution in [-0.2, 0) is 0 Å². The molecule has 1 aromatic heterocycles. The first-order valence-corrected chi connectivity index (χ1v) is 8.24. The molecule has 130 valence electrons. The van der Waals surface area contributed by atoms with Crippen molar-refractivity contribution in [1.82, 2.24) is 9.97 Å². The van der Waals surface area contributed by atoms with E-state index in [0.29, 0.717) is 0 Å². The monoisotopic (exact) mass is 344 g/mol. The van der Waals surface area contributed by atoms with E-state index in [2.05, 4.69) is 9.97 Å². The number of benzene rings is 2. The van der Waals surface area contributed by atoms with Crippen LogP contribution in [0.5, 0.6) is 11.5 Å². The SMILES string of the molecule is COc1ccc(/C=C/c2nccnc2/C=C/c2ccc(OC)cc2)cc1. The second kappa shape index (κ2) is 8.62. The van der Waals surface area contributed by atoms with E-state index in [9.17, 15) is 0 Å². The van der Waals surface area contributed by atoms with Gasteiger partial charge < -0.3 is 9.47 Å². The summed E-state index contributed by atoms with van der Waals surface area (Å²) in [5.74, 6) is 1.68. The number of methoxy groups -OCH3 is 2. The summed E-state index contributed by atoms with van der Waals surface area (Å²) in [7, 11) is 3.32. The first-order chi connectivity index (χ1) is 12.8. The Kier molecular flexibility index (Phi) is 5.78. The minimum Gasteiger partial charge on any atom is -0.497 e. The third kappa shape index (κ3) is 4.57. The number of ether oxygens (including phenoxy) is 2. The largest absolute Gasteiger partial charge is 0.497 e. The number of nitrogens with zero attached hydrogens (tertiary/aromatic N) is 2.